The summed E-state index contributed by atoms with van der Waals surface area (Å²) in [5.41, 5.74) is 6.99. The van der Waals surface area contributed by atoms with Crippen LogP contribution in [-0.2, 0) is 6.42 Å². The Morgan fingerprint density at radius 1 is 1.22 bits per heavy atom. The van der Waals surface area contributed by atoms with Gasteiger partial charge in [0.2, 0.25) is 0 Å². The van der Waals surface area contributed by atoms with Gasteiger partial charge in [-0.15, -0.1) is 0 Å². The second-order valence-electron chi connectivity index (χ2n) is 3.75. The molecule has 5 heteroatoms. The predicted molar refractivity (Wildman–Crippen MR) is 73.1 cm³/mol. The number of anilines is 1. The Morgan fingerprint density at radius 2 is 2.00 bits per heavy atom. The molecule has 0 aliphatic heterocycles. The first-order chi connectivity index (χ1) is 8.59. The third kappa shape index (κ3) is 2.63. The van der Waals surface area contributed by atoms with E-state index in [0.717, 1.165) is 0 Å². The third-order valence-electron chi connectivity index (χ3n) is 2.49. The number of hydrogen-bond acceptors (Lipinski definition) is 3. The van der Waals surface area contributed by atoms with E-state index in [0.29, 0.717) is 21.3 Å². The second kappa shape index (κ2) is 5.38. The minimum atomic E-state index is -0.183. The molecule has 0 saturated heterocycles. The molecule has 0 amide bonds. The number of nitrogen functional groups attached to an aromatic ring is 1. The number of nitrogens with zero attached hydrogens (tertiary/aromatic N) is 1. The lowest BCUT2D eigenvalue weighted by Gasteiger charge is -2.06. The molecule has 0 unspecified atom stereocenters. The number of hydrogen-bond donors (Lipinski definition) is 1. The summed E-state index contributed by atoms with van der Waals surface area (Å²) in [5.74, 6) is -0.183. The largest absolute Gasteiger partial charge is 0.397 e. The van der Waals surface area contributed by atoms with Gasteiger partial charge in [-0.1, -0.05) is 35.3 Å². The molecule has 0 bridgehead atoms. The summed E-state index contributed by atoms with van der Waals surface area (Å²) >= 11 is 11.9. The topological polar surface area (TPSA) is 56.0 Å². The van der Waals surface area contributed by atoms with Crippen LogP contribution in [0.3, 0.4) is 0 Å². The Labute approximate surface area is 115 Å². The highest BCUT2D eigenvalue weighted by atomic mass is 35.5. The molecule has 0 aliphatic rings. The molecule has 0 saturated carbocycles. The highest BCUT2D eigenvalue weighted by Gasteiger charge is 2.14. The number of carbonyl (C=O) groups is 1. The van der Waals surface area contributed by atoms with E-state index in [9.17, 15) is 4.79 Å². The molecule has 0 aliphatic carbocycles. The van der Waals surface area contributed by atoms with Crippen LogP contribution in [0.2, 0.25) is 10.0 Å². The molecule has 0 atom stereocenters. The van der Waals surface area contributed by atoms with Crippen LogP contribution >= 0.6 is 23.2 Å². The Bertz CT molecular complexity index is 599. The quantitative estimate of drug-likeness (QED) is 0.877. The molecular weight excluding hydrogens is 271 g/mol. The van der Waals surface area contributed by atoms with Crippen molar-refractivity contribution in [3.63, 3.8) is 0 Å². The van der Waals surface area contributed by atoms with E-state index in [1.165, 1.54) is 6.20 Å². The minimum absolute atomic E-state index is 0.126. The van der Waals surface area contributed by atoms with Crippen molar-refractivity contribution in [2.24, 2.45) is 0 Å². The molecule has 1 aromatic heterocycles. The Hall–Kier alpha value is -1.58. The number of halogens is 2. The van der Waals surface area contributed by atoms with Crippen molar-refractivity contribution in [2.45, 2.75) is 6.42 Å². The van der Waals surface area contributed by atoms with Gasteiger partial charge in [0.1, 0.15) is 5.69 Å². The van der Waals surface area contributed by atoms with Crippen LogP contribution in [-0.4, -0.2) is 10.8 Å². The van der Waals surface area contributed by atoms with Gasteiger partial charge in [0.15, 0.2) is 5.78 Å². The van der Waals surface area contributed by atoms with Crippen molar-refractivity contribution in [2.75, 3.05) is 5.73 Å². The highest BCUT2D eigenvalue weighted by molar-refractivity contribution is 6.42. The number of aromatic nitrogens is 1. The van der Waals surface area contributed by atoms with Gasteiger partial charge in [0.25, 0.3) is 0 Å². The smallest absolute Gasteiger partial charge is 0.187 e. The molecule has 2 rings (SSSR count). The lowest BCUT2D eigenvalue weighted by Crippen LogP contribution is -2.09. The average Bonchev–Trinajstić information content (AvgIpc) is 2.35. The SMILES string of the molecule is Nc1cccnc1C(=O)Cc1cccc(Cl)c1Cl. The van der Waals surface area contributed by atoms with E-state index in [2.05, 4.69) is 4.98 Å². The maximum Gasteiger partial charge on any atom is 0.187 e. The fourth-order valence-corrected chi connectivity index (χ4v) is 1.98. The average molecular weight is 281 g/mol. The number of carbonyl (C=O) groups excluding carboxylic acids is 1. The van der Waals surface area contributed by atoms with Gasteiger partial charge < -0.3 is 5.73 Å². The van der Waals surface area contributed by atoms with Crippen molar-refractivity contribution < 1.29 is 4.79 Å². The summed E-state index contributed by atoms with van der Waals surface area (Å²) < 4.78 is 0. The van der Waals surface area contributed by atoms with E-state index in [1.807, 2.05) is 0 Å². The van der Waals surface area contributed by atoms with Crippen molar-refractivity contribution >= 4 is 34.7 Å². The predicted octanol–water partition coefficient (Wildman–Crippen LogP) is 3.40. The molecule has 1 aromatic carbocycles. The van der Waals surface area contributed by atoms with Gasteiger partial charge in [-0.3, -0.25) is 9.78 Å². The van der Waals surface area contributed by atoms with Gasteiger partial charge in [-0.2, -0.15) is 0 Å². The Kier molecular flexibility index (Phi) is 3.84. The van der Waals surface area contributed by atoms with Crippen molar-refractivity contribution in [3.05, 3.63) is 57.8 Å². The summed E-state index contributed by atoms with van der Waals surface area (Å²) in [4.78, 5) is 16.0. The van der Waals surface area contributed by atoms with E-state index in [4.69, 9.17) is 28.9 Å². The van der Waals surface area contributed by atoms with E-state index in [-0.39, 0.29) is 17.9 Å². The molecule has 2 N–H and O–H groups in total. The van der Waals surface area contributed by atoms with Crippen molar-refractivity contribution in [1.82, 2.24) is 4.98 Å². The summed E-state index contributed by atoms with van der Waals surface area (Å²) in [7, 11) is 0. The van der Waals surface area contributed by atoms with Crippen molar-refractivity contribution in [1.29, 1.82) is 0 Å². The highest BCUT2D eigenvalue weighted by Crippen LogP contribution is 2.26. The number of Topliss-reactive ketones (excluding diaryl/α,β-unsaturated/α-hetero) is 1. The van der Waals surface area contributed by atoms with Gasteiger partial charge in [0.05, 0.1) is 15.7 Å². The van der Waals surface area contributed by atoms with Crippen LogP contribution in [0.1, 0.15) is 16.1 Å². The maximum atomic E-state index is 12.1. The van der Waals surface area contributed by atoms with Gasteiger partial charge in [0, 0.05) is 12.6 Å². The standard InChI is InChI=1S/C13H10Cl2N2O/c14-9-4-1-3-8(12(9)15)7-11(18)13-10(16)5-2-6-17-13/h1-6H,7,16H2. The van der Waals surface area contributed by atoms with Gasteiger partial charge >= 0.3 is 0 Å². The maximum absolute atomic E-state index is 12.1. The number of rotatable bonds is 3. The molecule has 3 nitrogen and oxygen atoms in total. The molecular formula is C13H10Cl2N2O. The molecule has 1 heterocycles. The number of pyridine rings is 1. The van der Waals surface area contributed by atoms with Crippen molar-refractivity contribution in [3.8, 4) is 0 Å². The molecule has 0 spiro atoms. The monoisotopic (exact) mass is 280 g/mol. The molecule has 92 valence electrons. The zero-order valence-electron chi connectivity index (χ0n) is 9.36. The van der Waals surface area contributed by atoms with Crippen LogP contribution in [0, 0.1) is 0 Å². The van der Waals surface area contributed by atoms with E-state index < -0.39 is 0 Å². The molecule has 18 heavy (non-hydrogen) atoms. The first-order valence-corrected chi connectivity index (χ1v) is 6.01. The number of benzene rings is 1. The summed E-state index contributed by atoms with van der Waals surface area (Å²) in [5, 5.41) is 0.818. The van der Waals surface area contributed by atoms with E-state index >= 15 is 0 Å². The Morgan fingerprint density at radius 3 is 2.72 bits per heavy atom. The third-order valence-corrected chi connectivity index (χ3v) is 3.34. The van der Waals surface area contributed by atoms with Crippen LogP contribution in [0.5, 0.6) is 0 Å². The number of nitrogens with two attached hydrogens (primary N) is 1. The zero-order valence-corrected chi connectivity index (χ0v) is 10.9. The lowest BCUT2D eigenvalue weighted by molar-refractivity contribution is 0.0989. The number of ketones is 1. The van der Waals surface area contributed by atoms with Crippen LogP contribution in [0.4, 0.5) is 5.69 Å². The summed E-state index contributed by atoms with van der Waals surface area (Å²) in [6, 6.07) is 8.50. The van der Waals surface area contributed by atoms with Crippen LogP contribution < -0.4 is 5.73 Å². The Balaban J connectivity index is 2.27. The minimum Gasteiger partial charge on any atom is -0.397 e. The second-order valence-corrected chi connectivity index (χ2v) is 4.54. The molecule has 0 fully saturated rings. The zero-order chi connectivity index (χ0) is 13.1. The molecule has 2 aromatic rings. The normalized spacial score (nSPS) is 10.3. The lowest BCUT2D eigenvalue weighted by atomic mass is 10.1. The fraction of sp³-hybridized carbons (Fsp3) is 0.0769. The summed E-state index contributed by atoms with van der Waals surface area (Å²) in [6.07, 6.45) is 1.66. The fourth-order valence-electron chi connectivity index (χ4n) is 1.59. The molecule has 0 radical (unpaired) electrons. The summed E-state index contributed by atoms with van der Waals surface area (Å²) in [6.45, 7) is 0. The first kappa shape index (κ1) is 12.9. The van der Waals surface area contributed by atoms with E-state index in [1.54, 1.807) is 30.3 Å². The van der Waals surface area contributed by atoms with Crippen LogP contribution in [0.15, 0.2) is 36.5 Å². The first-order valence-electron chi connectivity index (χ1n) is 5.26. The van der Waals surface area contributed by atoms with Crippen LogP contribution in [0.25, 0.3) is 0 Å². The van der Waals surface area contributed by atoms with Gasteiger partial charge in [-0.25, -0.2) is 0 Å². The van der Waals surface area contributed by atoms with Gasteiger partial charge in [-0.05, 0) is 23.8 Å².